The third-order valence-corrected chi connectivity index (χ3v) is 8.38. The zero-order chi connectivity index (χ0) is 28.4. The second kappa shape index (κ2) is 11.2. The van der Waals surface area contributed by atoms with Crippen LogP contribution in [0.4, 0.5) is 5.00 Å². The summed E-state index contributed by atoms with van der Waals surface area (Å²) in [5.41, 5.74) is 3.98. The number of rotatable bonds is 7. The van der Waals surface area contributed by atoms with Crippen LogP contribution in [-0.4, -0.2) is 46.0 Å². The van der Waals surface area contributed by atoms with E-state index in [1.807, 2.05) is 12.1 Å². The zero-order valence-electron chi connectivity index (χ0n) is 23.0. The van der Waals surface area contributed by atoms with E-state index in [0.717, 1.165) is 35.3 Å². The Balaban J connectivity index is 1.27. The zero-order valence-corrected chi connectivity index (χ0v) is 23.8. The number of amides is 1. The van der Waals surface area contributed by atoms with Crippen molar-refractivity contribution in [2.45, 2.75) is 47.0 Å². The van der Waals surface area contributed by atoms with Crippen molar-refractivity contribution in [2.75, 3.05) is 18.5 Å². The molecule has 1 amide bonds. The van der Waals surface area contributed by atoms with Gasteiger partial charge < -0.3 is 19.8 Å². The number of imidazole rings is 1. The van der Waals surface area contributed by atoms with E-state index in [1.165, 1.54) is 11.3 Å². The highest BCUT2D eigenvalue weighted by Gasteiger charge is 2.34. The summed E-state index contributed by atoms with van der Waals surface area (Å²) in [6, 6.07) is 8.67. The molecule has 9 nitrogen and oxygen atoms in total. The van der Waals surface area contributed by atoms with Gasteiger partial charge in [-0.2, -0.15) is 0 Å². The van der Waals surface area contributed by atoms with Crippen LogP contribution in [0, 0.1) is 11.3 Å². The standard InChI is InChI=1S/C30H32N4O5S/c1-5-38-29(37)25-20-10-9-19(30(2,3)4)14-23(20)40-27(25)34-24(35)16-39-28(36)17-8-11-21-22(13-17)33-26(32-21)18-7-6-12-31-15-18/h6-8,11-13,15,19H,5,9-10,14,16H2,1-4H3,(H,32,33)(H,34,35). The average molecular weight is 561 g/mol. The molecule has 0 radical (unpaired) electrons. The molecule has 1 atom stereocenters. The van der Waals surface area contributed by atoms with Crippen molar-refractivity contribution >= 4 is 45.2 Å². The monoisotopic (exact) mass is 560 g/mol. The maximum atomic E-state index is 12.8. The van der Waals surface area contributed by atoms with Gasteiger partial charge in [-0.3, -0.25) is 9.78 Å². The van der Waals surface area contributed by atoms with Crippen molar-refractivity contribution in [1.82, 2.24) is 15.0 Å². The summed E-state index contributed by atoms with van der Waals surface area (Å²) in [6.07, 6.45) is 5.95. The Morgan fingerprint density at radius 3 is 2.70 bits per heavy atom. The van der Waals surface area contributed by atoms with Crippen LogP contribution >= 0.6 is 11.3 Å². The number of nitrogens with one attached hydrogen (secondary N) is 2. The molecule has 3 heterocycles. The highest BCUT2D eigenvalue weighted by Crippen LogP contribution is 2.44. The lowest BCUT2D eigenvalue weighted by atomic mass is 9.72. The number of aromatic amines is 1. The van der Waals surface area contributed by atoms with Gasteiger partial charge in [-0.15, -0.1) is 11.3 Å². The fourth-order valence-corrected chi connectivity index (χ4v) is 6.32. The minimum atomic E-state index is -0.640. The Kier molecular flexibility index (Phi) is 7.71. The Labute approximate surface area is 236 Å². The summed E-state index contributed by atoms with van der Waals surface area (Å²) in [5.74, 6) is -0.492. The van der Waals surface area contributed by atoms with Crippen LogP contribution in [0.2, 0.25) is 0 Å². The Hall–Kier alpha value is -4.05. The maximum absolute atomic E-state index is 12.8. The van der Waals surface area contributed by atoms with E-state index >= 15 is 0 Å². The number of carbonyl (C=O) groups is 3. The first-order valence-electron chi connectivity index (χ1n) is 13.3. The Morgan fingerprint density at radius 2 is 1.98 bits per heavy atom. The molecule has 4 aromatic rings. The van der Waals surface area contributed by atoms with Gasteiger partial charge in [-0.05, 0) is 73.4 Å². The van der Waals surface area contributed by atoms with Gasteiger partial charge in [0, 0.05) is 22.8 Å². The summed E-state index contributed by atoms with van der Waals surface area (Å²) < 4.78 is 10.6. The molecule has 1 aliphatic rings. The van der Waals surface area contributed by atoms with E-state index in [9.17, 15) is 14.4 Å². The first kappa shape index (κ1) is 27.5. The molecule has 0 aliphatic heterocycles. The summed E-state index contributed by atoms with van der Waals surface area (Å²) in [5, 5.41) is 3.24. The van der Waals surface area contributed by atoms with Gasteiger partial charge in [0.05, 0.1) is 28.8 Å². The van der Waals surface area contributed by atoms with Crippen molar-refractivity contribution in [3.05, 3.63) is 64.3 Å². The number of anilines is 1. The summed E-state index contributed by atoms with van der Waals surface area (Å²) >= 11 is 1.41. The van der Waals surface area contributed by atoms with Crippen molar-refractivity contribution in [2.24, 2.45) is 11.3 Å². The molecule has 0 bridgehead atoms. The molecule has 0 fully saturated rings. The normalized spacial score (nSPS) is 14.9. The molecule has 40 heavy (non-hydrogen) atoms. The number of esters is 2. The number of H-pyrrole nitrogens is 1. The van der Waals surface area contributed by atoms with E-state index in [1.54, 1.807) is 37.5 Å². The van der Waals surface area contributed by atoms with Gasteiger partial charge in [0.1, 0.15) is 10.8 Å². The van der Waals surface area contributed by atoms with Gasteiger partial charge in [-0.1, -0.05) is 20.8 Å². The molecule has 208 valence electrons. The summed E-state index contributed by atoms with van der Waals surface area (Å²) in [6.45, 7) is 8.18. The number of ether oxygens (including phenoxy) is 2. The first-order valence-corrected chi connectivity index (χ1v) is 14.1. The molecular formula is C30H32N4O5S. The number of thiophene rings is 1. The second-order valence-corrected chi connectivity index (χ2v) is 12.0. The lowest BCUT2D eigenvalue weighted by Crippen LogP contribution is -2.26. The largest absolute Gasteiger partial charge is 0.462 e. The molecule has 1 unspecified atom stereocenters. The average Bonchev–Trinajstić information content (AvgIpc) is 3.52. The molecule has 0 saturated carbocycles. The number of pyridine rings is 1. The minimum absolute atomic E-state index is 0.142. The number of benzene rings is 1. The van der Waals surface area contributed by atoms with Crippen LogP contribution in [0.5, 0.6) is 0 Å². The number of hydrogen-bond acceptors (Lipinski definition) is 8. The minimum Gasteiger partial charge on any atom is -0.462 e. The number of aromatic nitrogens is 3. The van der Waals surface area contributed by atoms with E-state index in [-0.39, 0.29) is 17.6 Å². The number of hydrogen-bond donors (Lipinski definition) is 2. The van der Waals surface area contributed by atoms with E-state index in [0.29, 0.717) is 33.3 Å². The predicted molar refractivity (Wildman–Crippen MR) is 153 cm³/mol. The number of fused-ring (bicyclic) bond motifs is 2. The van der Waals surface area contributed by atoms with E-state index in [4.69, 9.17) is 9.47 Å². The van der Waals surface area contributed by atoms with Crippen LogP contribution in [0.25, 0.3) is 22.4 Å². The van der Waals surface area contributed by atoms with Gasteiger partial charge in [-0.25, -0.2) is 14.6 Å². The van der Waals surface area contributed by atoms with Crippen LogP contribution in [-0.2, 0) is 27.1 Å². The fourth-order valence-electron chi connectivity index (χ4n) is 4.99. The Bertz CT molecular complexity index is 1570. The van der Waals surface area contributed by atoms with Gasteiger partial charge in [0.15, 0.2) is 6.61 Å². The Morgan fingerprint density at radius 1 is 1.15 bits per heavy atom. The smallest absolute Gasteiger partial charge is 0.341 e. The molecule has 10 heteroatoms. The van der Waals surface area contributed by atoms with Gasteiger partial charge in [0.2, 0.25) is 0 Å². The molecule has 1 aliphatic carbocycles. The quantitative estimate of drug-likeness (QED) is 0.273. The topological polar surface area (TPSA) is 123 Å². The molecule has 0 saturated heterocycles. The molecule has 5 rings (SSSR count). The molecule has 0 spiro atoms. The summed E-state index contributed by atoms with van der Waals surface area (Å²) in [7, 11) is 0. The molecule has 2 N–H and O–H groups in total. The first-order chi connectivity index (χ1) is 19.1. The number of carbonyl (C=O) groups excluding carboxylic acids is 3. The van der Waals surface area contributed by atoms with Gasteiger partial charge in [0.25, 0.3) is 5.91 Å². The fraction of sp³-hybridized carbons (Fsp3) is 0.367. The van der Waals surface area contributed by atoms with Crippen LogP contribution in [0.3, 0.4) is 0 Å². The van der Waals surface area contributed by atoms with Crippen LogP contribution < -0.4 is 5.32 Å². The van der Waals surface area contributed by atoms with E-state index in [2.05, 4.69) is 41.0 Å². The second-order valence-electron chi connectivity index (χ2n) is 10.9. The van der Waals surface area contributed by atoms with Crippen molar-refractivity contribution in [3.63, 3.8) is 0 Å². The third kappa shape index (κ3) is 5.77. The lowest BCUT2D eigenvalue weighted by Gasteiger charge is -2.33. The predicted octanol–water partition coefficient (Wildman–Crippen LogP) is 5.81. The highest BCUT2D eigenvalue weighted by molar-refractivity contribution is 7.17. The van der Waals surface area contributed by atoms with Crippen molar-refractivity contribution in [1.29, 1.82) is 0 Å². The number of nitrogens with zero attached hydrogens (tertiary/aromatic N) is 2. The van der Waals surface area contributed by atoms with Gasteiger partial charge >= 0.3 is 11.9 Å². The highest BCUT2D eigenvalue weighted by atomic mass is 32.1. The van der Waals surface area contributed by atoms with E-state index < -0.39 is 24.5 Å². The van der Waals surface area contributed by atoms with Crippen molar-refractivity contribution in [3.8, 4) is 11.4 Å². The summed E-state index contributed by atoms with van der Waals surface area (Å²) in [4.78, 5) is 51.4. The molecule has 1 aromatic carbocycles. The lowest BCUT2D eigenvalue weighted by molar-refractivity contribution is -0.119. The molecule has 3 aromatic heterocycles. The van der Waals surface area contributed by atoms with Crippen LogP contribution in [0.15, 0.2) is 42.7 Å². The molecular weight excluding hydrogens is 528 g/mol. The third-order valence-electron chi connectivity index (χ3n) is 7.21. The maximum Gasteiger partial charge on any atom is 0.341 e. The van der Waals surface area contributed by atoms with Crippen LogP contribution in [0.1, 0.15) is 65.3 Å². The SMILES string of the molecule is CCOC(=O)c1c(NC(=O)COC(=O)c2ccc3nc(-c4cccnc4)[nH]c3c2)sc2c1CCC(C(C)(C)C)C2. The van der Waals surface area contributed by atoms with Crippen molar-refractivity contribution < 1.29 is 23.9 Å².